The van der Waals surface area contributed by atoms with Gasteiger partial charge in [-0.2, -0.15) is 0 Å². The Morgan fingerprint density at radius 3 is 2.71 bits per heavy atom. The molecule has 0 spiro atoms. The van der Waals surface area contributed by atoms with Gasteiger partial charge < -0.3 is 5.73 Å². The molecule has 0 aromatic carbocycles. The van der Waals surface area contributed by atoms with Crippen LogP contribution in [0.5, 0.6) is 0 Å². The summed E-state index contributed by atoms with van der Waals surface area (Å²) in [4.78, 5) is 2.54. The third-order valence-electron chi connectivity index (χ3n) is 3.10. The van der Waals surface area contributed by atoms with E-state index in [0.717, 1.165) is 19.0 Å². The maximum atomic E-state index is 5.84. The molecule has 2 nitrogen and oxygen atoms in total. The lowest BCUT2D eigenvalue weighted by Gasteiger charge is -2.23. The van der Waals surface area contributed by atoms with E-state index in [-0.39, 0.29) is 0 Å². The zero-order valence-corrected chi connectivity index (χ0v) is 8.73. The van der Waals surface area contributed by atoms with Gasteiger partial charge in [-0.3, -0.25) is 4.90 Å². The number of hydrogen-bond donors (Lipinski definition) is 1. The van der Waals surface area contributed by atoms with E-state index in [1.54, 1.807) is 0 Å². The van der Waals surface area contributed by atoms with E-state index in [1.807, 2.05) is 6.08 Å². The molecule has 1 saturated carbocycles. The molecule has 0 radical (unpaired) electrons. The quantitative estimate of drug-likeness (QED) is 0.669. The van der Waals surface area contributed by atoms with E-state index in [1.165, 1.54) is 19.4 Å². The van der Waals surface area contributed by atoms with Crippen LogP contribution in [0.4, 0.5) is 0 Å². The Bertz CT molecular complexity index is 230. The first-order valence-corrected chi connectivity index (χ1v) is 5.58. The van der Waals surface area contributed by atoms with Crippen LogP contribution in [0.3, 0.4) is 0 Å². The maximum absolute atomic E-state index is 5.84. The average molecular weight is 192 g/mol. The standard InChI is InChI=1S/C12H20N2/c1-2-7-14(12-5-6-12)9-10-3-4-11(13)8-10/h2-4,10-12H,1,5-9,13H2. The van der Waals surface area contributed by atoms with Crippen LogP contribution >= 0.6 is 0 Å². The summed E-state index contributed by atoms with van der Waals surface area (Å²) in [7, 11) is 0. The third kappa shape index (κ3) is 2.46. The molecule has 2 unspecified atom stereocenters. The summed E-state index contributed by atoms with van der Waals surface area (Å²) >= 11 is 0. The molecule has 78 valence electrons. The van der Waals surface area contributed by atoms with Crippen molar-refractivity contribution in [1.29, 1.82) is 0 Å². The van der Waals surface area contributed by atoms with Crippen LogP contribution in [0.25, 0.3) is 0 Å². The summed E-state index contributed by atoms with van der Waals surface area (Å²) < 4.78 is 0. The van der Waals surface area contributed by atoms with Gasteiger partial charge in [-0.05, 0) is 25.2 Å². The van der Waals surface area contributed by atoms with Gasteiger partial charge in [0.25, 0.3) is 0 Å². The minimum atomic E-state index is 0.296. The Morgan fingerprint density at radius 1 is 1.43 bits per heavy atom. The first-order valence-electron chi connectivity index (χ1n) is 5.58. The molecule has 0 aliphatic heterocycles. The third-order valence-corrected chi connectivity index (χ3v) is 3.10. The van der Waals surface area contributed by atoms with Gasteiger partial charge in [0.1, 0.15) is 0 Å². The van der Waals surface area contributed by atoms with Crippen molar-refractivity contribution in [3.63, 3.8) is 0 Å². The van der Waals surface area contributed by atoms with Crippen molar-refractivity contribution in [3.05, 3.63) is 24.8 Å². The summed E-state index contributed by atoms with van der Waals surface area (Å²) in [6.07, 6.45) is 10.3. The van der Waals surface area contributed by atoms with Crippen molar-refractivity contribution in [3.8, 4) is 0 Å². The second-order valence-corrected chi connectivity index (χ2v) is 4.52. The predicted octanol–water partition coefficient (Wildman–Crippen LogP) is 1.54. The van der Waals surface area contributed by atoms with Gasteiger partial charge in [0.15, 0.2) is 0 Å². The topological polar surface area (TPSA) is 29.3 Å². The highest BCUT2D eigenvalue weighted by Crippen LogP contribution is 2.29. The Hall–Kier alpha value is -0.600. The van der Waals surface area contributed by atoms with Gasteiger partial charge in [-0.1, -0.05) is 18.2 Å². The summed E-state index contributed by atoms with van der Waals surface area (Å²) in [5.74, 6) is 0.672. The van der Waals surface area contributed by atoms with Gasteiger partial charge in [-0.25, -0.2) is 0 Å². The highest BCUT2D eigenvalue weighted by Gasteiger charge is 2.30. The van der Waals surface area contributed by atoms with Crippen molar-refractivity contribution in [2.45, 2.75) is 31.3 Å². The molecule has 0 aromatic rings. The first-order chi connectivity index (χ1) is 6.79. The lowest BCUT2D eigenvalue weighted by atomic mass is 10.1. The Kier molecular flexibility index (Phi) is 3.04. The fraction of sp³-hybridized carbons (Fsp3) is 0.667. The van der Waals surface area contributed by atoms with E-state index in [0.29, 0.717) is 12.0 Å². The summed E-state index contributed by atoms with van der Waals surface area (Å²) in [6, 6.07) is 1.13. The molecular formula is C12H20N2. The largest absolute Gasteiger partial charge is 0.324 e. The lowest BCUT2D eigenvalue weighted by molar-refractivity contribution is 0.259. The average Bonchev–Trinajstić information content (AvgIpc) is 2.91. The van der Waals surface area contributed by atoms with Gasteiger partial charge in [0, 0.05) is 25.2 Å². The Labute approximate surface area is 86.5 Å². The van der Waals surface area contributed by atoms with Gasteiger partial charge in [0.05, 0.1) is 0 Å². The van der Waals surface area contributed by atoms with Gasteiger partial charge >= 0.3 is 0 Å². The van der Waals surface area contributed by atoms with Crippen LogP contribution in [0.1, 0.15) is 19.3 Å². The van der Waals surface area contributed by atoms with Crippen LogP contribution in [-0.4, -0.2) is 30.1 Å². The maximum Gasteiger partial charge on any atom is 0.0229 e. The monoisotopic (exact) mass is 192 g/mol. The molecule has 2 aliphatic rings. The molecule has 0 amide bonds. The number of rotatable bonds is 5. The van der Waals surface area contributed by atoms with Crippen LogP contribution in [-0.2, 0) is 0 Å². The van der Waals surface area contributed by atoms with E-state index < -0.39 is 0 Å². The second kappa shape index (κ2) is 4.28. The van der Waals surface area contributed by atoms with E-state index in [4.69, 9.17) is 5.73 Å². The number of hydrogen-bond acceptors (Lipinski definition) is 2. The van der Waals surface area contributed by atoms with Crippen LogP contribution in [0.15, 0.2) is 24.8 Å². The molecule has 2 N–H and O–H groups in total. The summed E-state index contributed by atoms with van der Waals surface area (Å²) in [6.45, 7) is 6.02. The molecule has 0 aromatic heterocycles. The van der Waals surface area contributed by atoms with E-state index in [9.17, 15) is 0 Å². The number of nitrogens with two attached hydrogens (primary N) is 1. The van der Waals surface area contributed by atoms with Crippen molar-refractivity contribution in [1.82, 2.24) is 4.90 Å². The molecule has 2 atom stereocenters. The number of nitrogens with zero attached hydrogens (tertiary/aromatic N) is 1. The molecular weight excluding hydrogens is 172 g/mol. The fourth-order valence-corrected chi connectivity index (χ4v) is 2.22. The van der Waals surface area contributed by atoms with Gasteiger partial charge in [-0.15, -0.1) is 6.58 Å². The lowest BCUT2D eigenvalue weighted by Crippen LogP contribution is -2.31. The normalized spacial score (nSPS) is 31.3. The van der Waals surface area contributed by atoms with Crippen LogP contribution in [0, 0.1) is 5.92 Å². The smallest absolute Gasteiger partial charge is 0.0229 e. The Balaban J connectivity index is 1.81. The highest BCUT2D eigenvalue weighted by atomic mass is 15.2. The molecule has 14 heavy (non-hydrogen) atoms. The van der Waals surface area contributed by atoms with Crippen LogP contribution in [0.2, 0.25) is 0 Å². The van der Waals surface area contributed by atoms with Crippen molar-refractivity contribution >= 4 is 0 Å². The molecule has 2 aliphatic carbocycles. The van der Waals surface area contributed by atoms with Crippen LogP contribution < -0.4 is 5.73 Å². The highest BCUT2D eigenvalue weighted by molar-refractivity contribution is 5.06. The summed E-state index contributed by atoms with van der Waals surface area (Å²) in [5.41, 5.74) is 5.84. The SMILES string of the molecule is C=CCN(CC1C=CC(N)C1)C1CC1. The van der Waals surface area contributed by atoms with E-state index in [2.05, 4.69) is 23.6 Å². The second-order valence-electron chi connectivity index (χ2n) is 4.52. The molecule has 2 rings (SSSR count). The zero-order valence-electron chi connectivity index (χ0n) is 8.73. The molecule has 0 heterocycles. The molecule has 1 fully saturated rings. The van der Waals surface area contributed by atoms with Crippen molar-refractivity contribution in [2.75, 3.05) is 13.1 Å². The molecule has 0 saturated heterocycles. The minimum absolute atomic E-state index is 0.296. The summed E-state index contributed by atoms with van der Waals surface area (Å²) in [5, 5.41) is 0. The van der Waals surface area contributed by atoms with Crippen molar-refractivity contribution < 1.29 is 0 Å². The molecule has 2 heteroatoms. The first kappa shape index (κ1) is 9.94. The fourth-order valence-electron chi connectivity index (χ4n) is 2.22. The Morgan fingerprint density at radius 2 is 2.21 bits per heavy atom. The predicted molar refractivity (Wildman–Crippen MR) is 60.0 cm³/mol. The van der Waals surface area contributed by atoms with Crippen molar-refractivity contribution in [2.24, 2.45) is 11.7 Å². The zero-order chi connectivity index (χ0) is 9.97. The molecule has 0 bridgehead atoms. The van der Waals surface area contributed by atoms with Gasteiger partial charge in [0.2, 0.25) is 0 Å². The minimum Gasteiger partial charge on any atom is -0.324 e. The van der Waals surface area contributed by atoms with E-state index >= 15 is 0 Å².